The van der Waals surface area contributed by atoms with Gasteiger partial charge in [0, 0.05) is 32.0 Å². The average molecular weight is 346 g/mol. The number of carbonyl (C=O) groups is 1. The van der Waals surface area contributed by atoms with Crippen molar-refractivity contribution >= 4 is 5.91 Å². The van der Waals surface area contributed by atoms with E-state index in [4.69, 9.17) is 4.74 Å². The monoisotopic (exact) mass is 345 g/mol. The predicted octanol–water partition coefficient (Wildman–Crippen LogP) is 4.40. The maximum absolute atomic E-state index is 13.3. The number of ether oxygens (including phenoxy) is 1. The second-order valence-electron chi connectivity index (χ2n) is 10.5. The molecule has 1 heterocycles. The van der Waals surface area contributed by atoms with Gasteiger partial charge in [0.1, 0.15) is 0 Å². The van der Waals surface area contributed by atoms with E-state index in [1.54, 1.807) is 0 Å². The van der Waals surface area contributed by atoms with Gasteiger partial charge < -0.3 is 9.64 Å². The Balaban J connectivity index is 1.28. The summed E-state index contributed by atoms with van der Waals surface area (Å²) in [6.07, 6.45) is 15.8. The molecule has 1 aliphatic heterocycles. The minimum atomic E-state index is 0.268. The fourth-order valence-corrected chi connectivity index (χ4v) is 8.25. The summed E-state index contributed by atoms with van der Waals surface area (Å²) in [5.74, 6) is 3.31. The van der Waals surface area contributed by atoms with Crippen LogP contribution >= 0.6 is 0 Å². The van der Waals surface area contributed by atoms with Crippen LogP contribution in [0, 0.1) is 28.6 Å². The average Bonchev–Trinajstić information content (AvgIpc) is 2.95. The van der Waals surface area contributed by atoms with Gasteiger partial charge in [-0.05, 0) is 87.4 Å². The van der Waals surface area contributed by atoms with Crippen molar-refractivity contribution in [1.29, 1.82) is 0 Å². The van der Waals surface area contributed by atoms with Crippen LogP contribution in [0.1, 0.15) is 77.0 Å². The van der Waals surface area contributed by atoms with E-state index < -0.39 is 0 Å². The molecule has 3 heteroatoms. The Kier molecular flexibility index (Phi) is 3.96. The molecule has 140 valence electrons. The summed E-state index contributed by atoms with van der Waals surface area (Å²) in [5, 5.41) is 0. The zero-order chi connectivity index (χ0) is 17.1. The Bertz CT molecular complexity index is 509. The molecule has 6 rings (SSSR count). The number of nitrogens with zero attached hydrogens (tertiary/aromatic N) is 1. The van der Waals surface area contributed by atoms with Gasteiger partial charge in [-0.25, -0.2) is 0 Å². The quantitative estimate of drug-likeness (QED) is 0.759. The smallest absolute Gasteiger partial charge is 0.223 e. The van der Waals surface area contributed by atoms with E-state index in [-0.39, 0.29) is 5.41 Å². The second kappa shape index (κ2) is 5.97. The molecule has 5 aliphatic carbocycles. The molecule has 6 aliphatic rings. The number of carbonyl (C=O) groups excluding carboxylic acids is 1. The minimum Gasteiger partial charge on any atom is -0.381 e. The van der Waals surface area contributed by atoms with Gasteiger partial charge in [-0.3, -0.25) is 4.79 Å². The summed E-state index contributed by atoms with van der Waals surface area (Å²) in [6.45, 7) is 1.96. The molecule has 1 spiro atoms. The van der Waals surface area contributed by atoms with Crippen LogP contribution in [0.5, 0.6) is 0 Å². The summed E-state index contributed by atoms with van der Waals surface area (Å²) in [6, 6.07) is 0. The molecule has 3 nitrogen and oxygen atoms in total. The molecule has 5 saturated carbocycles. The highest BCUT2D eigenvalue weighted by molar-refractivity contribution is 5.77. The van der Waals surface area contributed by atoms with Crippen molar-refractivity contribution in [2.24, 2.45) is 28.6 Å². The van der Waals surface area contributed by atoms with Gasteiger partial charge in [0.25, 0.3) is 0 Å². The first kappa shape index (κ1) is 16.6. The third-order valence-corrected chi connectivity index (χ3v) is 8.76. The van der Waals surface area contributed by atoms with Gasteiger partial charge >= 0.3 is 0 Å². The van der Waals surface area contributed by atoms with Crippen LogP contribution < -0.4 is 0 Å². The highest BCUT2D eigenvalue weighted by Crippen LogP contribution is 2.61. The summed E-state index contributed by atoms with van der Waals surface area (Å²) in [7, 11) is 1.87. The molecule has 2 atom stereocenters. The van der Waals surface area contributed by atoms with Crippen molar-refractivity contribution in [3.63, 3.8) is 0 Å². The van der Waals surface area contributed by atoms with Crippen LogP contribution in [0.4, 0.5) is 0 Å². The molecule has 0 aromatic rings. The van der Waals surface area contributed by atoms with E-state index in [0.717, 1.165) is 37.3 Å². The third kappa shape index (κ3) is 2.76. The maximum Gasteiger partial charge on any atom is 0.223 e. The van der Waals surface area contributed by atoms with Crippen LogP contribution in [0.2, 0.25) is 0 Å². The molecule has 0 N–H and O–H groups in total. The molecule has 0 unspecified atom stereocenters. The van der Waals surface area contributed by atoms with Gasteiger partial charge in [-0.2, -0.15) is 0 Å². The zero-order valence-electron chi connectivity index (χ0n) is 16.0. The molecule has 1 saturated heterocycles. The lowest BCUT2D eigenvalue weighted by molar-refractivity contribution is -0.145. The van der Waals surface area contributed by atoms with Crippen molar-refractivity contribution in [3.8, 4) is 0 Å². The van der Waals surface area contributed by atoms with E-state index >= 15 is 0 Å². The molecule has 4 bridgehead atoms. The normalized spacial score (nSPS) is 48.4. The number of rotatable bonds is 3. The number of likely N-dealkylation sites (tertiary alicyclic amines) is 1. The molecule has 25 heavy (non-hydrogen) atoms. The highest BCUT2D eigenvalue weighted by Gasteiger charge is 2.52. The molecule has 0 radical (unpaired) electrons. The Morgan fingerprint density at radius 2 is 1.68 bits per heavy atom. The molecule has 6 fully saturated rings. The van der Waals surface area contributed by atoms with Crippen LogP contribution in [-0.2, 0) is 9.53 Å². The largest absolute Gasteiger partial charge is 0.381 e. The Labute approximate surface area is 152 Å². The lowest BCUT2D eigenvalue weighted by Gasteiger charge is -2.57. The zero-order valence-corrected chi connectivity index (χ0v) is 16.0. The van der Waals surface area contributed by atoms with Crippen LogP contribution in [-0.4, -0.2) is 37.1 Å². The van der Waals surface area contributed by atoms with E-state index in [1.807, 2.05) is 7.11 Å². The first-order valence-corrected chi connectivity index (χ1v) is 10.9. The molecular formula is C22H35NO2. The summed E-state index contributed by atoms with van der Waals surface area (Å²) < 4.78 is 5.83. The number of hydrogen-bond donors (Lipinski definition) is 0. The van der Waals surface area contributed by atoms with Crippen molar-refractivity contribution < 1.29 is 9.53 Å². The lowest BCUT2D eigenvalue weighted by Crippen LogP contribution is -2.52. The highest BCUT2D eigenvalue weighted by atomic mass is 16.5. The number of piperidine rings is 1. The summed E-state index contributed by atoms with van der Waals surface area (Å²) in [5.41, 5.74) is 0.650. The van der Waals surface area contributed by atoms with Crippen LogP contribution in [0.15, 0.2) is 0 Å². The van der Waals surface area contributed by atoms with Gasteiger partial charge in [0.2, 0.25) is 5.91 Å². The summed E-state index contributed by atoms with van der Waals surface area (Å²) in [4.78, 5) is 15.6. The van der Waals surface area contributed by atoms with E-state index in [2.05, 4.69) is 4.90 Å². The standard InChI is InChI=1S/C22H35NO2/c1-25-19-4-2-5-22(19)6-3-7-23(15-22)20(24)14-21-11-16-8-17(12-21)10-18(9-16)13-21/h16-19H,2-15H2,1H3/t16?,17?,18?,19-,21?,22+/m1/s1. The van der Waals surface area contributed by atoms with Crippen molar-refractivity contribution in [2.75, 3.05) is 20.2 Å². The minimum absolute atomic E-state index is 0.268. The fraction of sp³-hybridized carbons (Fsp3) is 0.955. The van der Waals surface area contributed by atoms with Gasteiger partial charge in [-0.1, -0.05) is 6.42 Å². The number of hydrogen-bond acceptors (Lipinski definition) is 2. The molecular weight excluding hydrogens is 310 g/mol. The van der Waals surface area contributed by atoms with E-state index in [1.165, 1.54) is 70.6 Å². The fourth-order valence-electron chi connectivity index (χ4n) is 8.25. The molecule has 0 aromatic carbocycles. The topological polar surface area (TPSA) is 29.5 Å². The molecule has 0 aromatic heterocycles. The van der Waals surface area contributed by atoms with Gasteiger partial charge in [0.05, 0.1) is 6.10 Å². The van der Waals surface area contributed by atoms with Crippen molar-refractivity contribution in [3.05, 3.63) is 0 Å². The third-order valence-electron chi connectivity index (χ3n) is 8.76. The first-order valence-electron chi connectivity index (χ1n) is 10.9. The predicted molar refractivity (Wildman–Crippen MR) is 98.1 cm³/mol. The lowest BCUT2D eigenvalue weighted by atomic mass is 9.49. The van der Waals surface area contributed by atoms with Crippen LogP contribution in [0.3, 0.4) is 0 Å². The maximum atomic E-state index is 13.3. The number of methoxy groups -OCH3 is 1. The Hall–Kier alpha value is -0.570. The van der Waals surface area contributed by atoms with E-state index in [0.29, 0.717) is 17.4 Å². The first-order chi connectivity index (χ1) is 12.1. The Morgan fingerprint density at radius 1 is 1.04 bits per heavy atom. The number of amides is 1. The molecule has 1 amide bonds. The van der Waals surface area contributed by atoms with Crippen molar-refractivity contribution in [2.45, 2.75) is 83.2 Å². The van der Waals surface area contributed by atoms with Gasteiger partial charge in [0.15, 0.2) is 0 Å². The van der Waals surface area contributed by atoms with Crippen LogP contribution in [0.25, 0.3) is 0 Å². The van der Waals surface area contributed by atoms with Gasteiger partial charge in [-0.15, -0.1) is 0 Å². The SMILES string of the molecule is CO[C@@H]1CCC[C@@]12CCCN(C(=O)CC13CC4CC(CC(C4)C1)C3)C2. The van der Waals surface area contributed by atoms with Crippen molar-refractivity contribution in [1.82, 2.24) is 4.90 Å². The van der Waals surface area contributed by atoms with E-state index in [9.17, 15) is 4.79 Å². The Morgan fingerprint density at radius 3 is 2.32 bits per heavy atom. The summed E-state index contributed by atoms with van der Waals surface area (Å²) >= 11 is 0. The second-order valence-corrected chi connectivity index (χ2v) is 10.5.